The first-order valence-corrected chi connectivity index (χ1v) is 6.91. The van der Waals surface area contributed by atoms with E-state index < -0.39 is 0 Å². The summed E-state index contributed by atoms with van der Waals surface area (Å²) in [6.07, 6.45) is 5.59. The zero-order valence-electron chi connectivity index (χ0n) is 10.7. The molecule has 0 radical (unpaired) electrons. The number of carbonyl (C=O) groups is 1. The predicted octanol–water partition coefficient (Wildman–Crippen LogP) is 1.06. The van der Waals surface area contributed by atoms with Crippen molar-refractivity contribution in [1.82, 2.24) is 10.6 Å². The molecule has 2 aliphatic rings. The van der Waals surface area contributed by atoms with Gasteiger partial charge in [-0.05, 0) is 31.6 Å². The first kappa shape index (κ1) is 12.8. The highest BCUT2D eigenvalue weighted by Crippen LogP contribution is 2.22. The Hall–Kier alpha value is -0.610. The van der Waals surface area contributed by atoms with Crippen molar-refractivity contribution in [1.29, 1.82) is 0 Å². The van der Waals surface area contributed by atoms with Crippen LogP contribution in [0.1, 0.15) is 39.0 Å². The van der Waals surface area contributed by atoms with Crippen LogP contribution in [0.5, 0.6) is 0 Å². The van der Waals surface area contributed by atoms with E-state index in [4.69, 9.17) is 4.74 Å². The highest BCUT2D eigenvalue weighted by atomic mass is 16.5. The van der Waals surface area contributed by atoms with Gasteiger partial charge < -0.3 is 15.4 Å². The number of amides is 1. The Bertz CT molecular complexity index is 254. The Morgan fingerprint density at radius 3 is 2.88 bits per heavy atom. The summed E-state index contributed by atoms with van der Waals surface area (Å²) in [5.41, 5.74) is 0. The van der Waals surface area contributed by atoms with Gasteiger partial charge in [-0.3, -0.25) is 4.79 Å². The molecule has 0 bridgehead atoms. The summed E-state index contributed by atoms with van der Waals surface area (Å²) in [5, 5.41) is 6.37. The van der Waals surface area contributed by atoms with Gasteiger partial charge in [0.25, 0.3) is 0 Å². The fourth-order valence-electron chi connectivity index (χ4n) is 2.39. The van der Waals surface area contributed by atoms with Crippen molar-refractivity contribution >= 4 is 5.91 Å². The maximum Gasteiger partial charge on any atom is 0.221 e. The lowest BCUT2D eigenvalue weighted by molar-refractivity contribution is -0.121. The van der Waals surface area contributed by atoms with Crippen LogP contribution in [0.15, 0.2) is 0 Å². The van der Waals surface area contributed by atoms with Gasteiger partial charge in [0.1, 0.15) is 0 Å². The molecular weight excluding hydrogens is 216 g/mol. The van der Waals surface area contributed by atoms with Gasteiger partial charge >= 0.3 is 0 Å². The van der Waals surface area contributed by atoms with Crippen LogP contribution in [-0.2, 0) is 9.53 Å². The van der Waals surface area contributed by atoms with Gasteiger partial charge in [-0.2, -0.15) is 0 Å². The van der Waals surface area contributed by atoms with Gasteiger partial charge in [0.05, 0.1) is 6.10 Å². The maximum atomic E-state index is 11.4. The van der Waals surface area contributed by atoms with Gasteiger partial charge in [-0.15, -0.1) is 0 Å². The van der Waals surface area contributed by atoms with Gasteiger partial charge in [-0.25, -0.2) is 0 Å². The molecule has 2 unspecified atom stereocenters. The molecule has 1 aliphatic carbocycles. The Morgan fingerprint density at radius 2 is 2.18 bits per heavy atom. The Morgan fingerprint density at radius 1 is 1.35 bits per heavy atom. The number of hydrogen-bond acceptors (Lipinski definition) is 3. The number of hydrogen-bond donors (Lipinski definition) is 2. The summed E-state index contributed by atoms with van der Waals surface area (Å²) in [5.74, 6) is 0.821. The monoisotopic (exact) mass is 240 g/mol. The minimum atomic E-state index is 0.190. The molecule has 1 saturated carbocycles. The molecule has 4 heteroatoms. The minimum Gasteiger partial charge on any atom is -0.378 e. The van der Waals surface area contributed by atoms with E-state index in [-0.39, 0.29) is 5.91 Å². The smallest absolute Gasteiger partial charge is 0.221 e. The van der Waals surface area contributed by atoms with E-state index in [2.05, 4.69) is 17.6 Å². The van der Waals surface area contributed by atoms with Crippen molar-refractivity contribution in [2.24, 2.45) is 5.92 Å². The van der Waals surface area contributed by atoms with Crippen LogP contribution >= 0.6 is 0 Å². The van der Waals surface area contributed by atoms with E-state index in [1.807, 2.05) is 0 Å². The molecule has 2 atom stereocenters. The number of ether oxygens (including phenoxy) is 1. The molecule has 2 N–H and O–H groups in total. The molecule has 1 heterocycles. The zero-order valence-corrected chi connectivity index (χ0v) is 10.7. The average Bonchev–Trinajstić information content (AvgIpc) is 3.01. The minimum absolute atomic E-state index is 0.190. The molecule has 2 fully saturated rings. The zero-order chi connectivity index (χ0) is 12.1. The van der Waals surface area contributed by atoms with Crippen LogP contribution in [0.4, 0.5) is 0 Å². The molecule has 2 rings (SSSR count). The highest BCUT2D eigenvalue weighted by molar-refractivity contribution is 5.76. The summed E-state index contributed by atoms with van der Waals surface area (Å²) < 4.78 is 5.63. The standard InChI is InChI=1S/C13H24N2O2/c1-2-12-10(6-8-17-12)9-14-7-5-13(16)15-11-3-4-11/h10-12,14H,2-9H2,1H3,(H,15,16). The Balaban J connectivity index is 1.51. The second kappa shape index (κ2) is 6.36. The lowest BCUT2D eigenvalue weighted by Crippen LogP contribution is -2.32. The molecular formula is C13H24N2O2. The molecule has 98 valence electrons. The topological polar surface area (TPSA) is 50.4 Å². The van der Waals surface area contributed by atoms with Crippen LogP contribution in [-0.4, -0.2) is 37.7 Å². The van der Waals surface area contributed by atoms with Crippen molar-refractivity contribution < 1.29 is 9.53 Å². The van der Waals surface area contributed by atoms with E-state index in [9.17, 15) is 4.79 Å². The number of nitrogens with one attached hydrogen (secondary N) is 2. The van der Waals surface area contributed by atoms with Gasteiger partial charge in [0.15, 0.2) is 0 Å². The quantitative estimate of drug-likeness (QED) is 0.654. The first-order valence-electron chi connectivity index (χ1n) is 6.91. The maximum absolute atomic E-state index is 11.4. The summed E-state index contributed by atoms with van der Waals surface area (Å²) in [6, 6.07) is 0.482. The van der Waals surface area contributed by atoms with Crippen LogP contribution in [0, 0.1) is 5.92 Å². The van der Waals surface area contributed by atoms with Gasteiger partial charge in [-0.1, -0.05) is 6.92 Å². The van der Waals surface area contributed by atoms with Crippen molar-refractivity contribution in [3.8, 4) is 0 Å². The van der Waals surface area contributed by atoms with Gasteiger partial charge in [0.2, 0.25) is 5.91 Å². The summed E-state index contributed by atoms with van der Waals surface area (Å²) in [7, 11) is 0. The third-order valence-electron chi connectivity index (χ3n) is 3.63. The number of carbonyl (C=O) groups excluding carboxylic acids is 1. The van der Waals surface area contributed by atoms with E-state index in [0.29, 0.717) is 24.5 Å². The third kappa shape index (κ3) is 4.28. The first-order chi connectivity index (χ1) is 8.29. The Labute approximate surface area is 103 Å². The molecule has 1 amide bonds. The average molecular weight is 240 g/mol. The van der Waals surface area contributed by atoms with E-state index in [1.54, 1.807) is 0 Å². The highest BCUT2D eigenvalue weighted by Gasteiger charge is 2.26. The van der Waals surface area contributed by atoms with Crippen molar-refractivity contribution in [2.75, 3.05) is 19.7 Å². The predicted molar refractivity (Wildman–Crippen MR) is 66.8 cm³/mol. The normalized spacial score (nSPS) is 28.3. The van der Waals surface area contributed by atoms with Crippen LogP contribution in [0.2, 0.25) is 0 Å². The molecule has 0 aromatic carbocycles. The lowest BCUT2D eigenvalue weighted by Gasteiger charge is -2.17. The third-order valence-corrected chi connectivity index (χ3v) is 3.63. The van der Waals surface area contributed by atoms with E-state index in [1.165, 1.54) is 0 Å². The van der Waals surface area contributed by atoms with Crippen molar-refractivity contribution in [3.63, 3.8) is 0 Å². The van der Waals surface area contributed by atoms with Crippen molar-refractivity contribution in [3.05, 3.63) is 0 Å². The largest absolute Gasteiger partial charge is 0.378 e. The summed E-state index contributed by atoms with van der Waals surface area (Å²) in [6.45, 7) is 4.83. The fourth-order valence-corrected chi connectivity index (χ4v) is 2.39. The molecule has 0 aromatic heterocycles. The van der Waals surface area contributed by atoms with Crippen LogP contribution in [0.25, 0.3) is 0 Å². The summed E-state index contributed by atoms with van der Waals surface area (Å²) >= 11 is 0. The molecule has 4 nitrogen and oxygen atoms in total. The van der Waals surface area contributed by atoms with E-state index >= 15 is 0 Å². The van der Waals surface area contributed by atoms with Gasteiger partial charge in [0, 0.05) is 32.2 Å². The molecule has 17 heavy (non-hydrogen) atoms. The number of rotatable bonds is 7. The van der Waals surface area contributed by atoms with Crippen LogP contribution in [0.3, 0.4) is 0 Å². The molecule has 1 saturated heterocycles. The van der Waals surface area contributed by atoms with Crippen LogP contribution < -0.4 is 10.6 Å². The van der Waals surface area contributed by atoms with Crippen molar-refractivity contribution in [2.45, 2.75) is 51.2 Å². The lowest BCUT2D eigenvalue weighted by atomic mass is 10.00. The second-order valence-electron chi connectivity index (χ2n) is 5.16. The molecule has 0 spiro atoms. The fraction of sp³-hybridized carbons (Fsp3) is 0.923. The second-order valence-corrected chi connectivity index (χ2v) is 5.16. The van der Waals surface area contributed by atoms with E-state index in [0.717, 1.165) is 45.4 Å². The summed E-state index contributed by atoms with van der Waals surface area (Å²) in [4.78, 5) is 11.4. The molecule has 0 aromatic rings. The SMILES string of the molecule is CCC1OCCC1CNCCC(=O)NC1CC1. The molecule has 1 aliphatic heterocycles. The Kier molecular flexibility index (Phi) is 4.80.